The van der Waals surface area contributed by atoms with Crippen LogP contribution >= 0.6 is 11.6 Å². The molecule has 0 aliphatic carbocycles. The maximum Gasteiger partial charge on any atom is 0.270 e. The quantitative estimate of drug-likeness (QED) is 0.207. The Morgan fingerprint density at radius 3 is 2.46 bits per heavy atom. The fraction of sp³-hybridized carbons (Fsp3) is 0. The van der Waals surface area contributed by atoms with Crippen molar-refractivity contribution in [3.8, 4) is 22.5 Å². The number of hydrazine groups is 1. The van der Waals surface area contributed by atoms with Crippen molar-refractivity contribution in [2.75, 3.05) is 10.4 Å². The number of nitro benzene ring substituents is 1. The van der Waals surface area contributed by atoms with Crippen LogP contribution in [-0.4, -0.2) is 25.1 Å². The maximum absolute atomic E-state index is 11.2. The minimum atomic E-state index is -0.437. The molecule has 0 bridgehead atoms. The molecule has 5 aromatic rings. The normalized spacial score (nSPS) is 10.7. The van der Waals surface area contributed by atoms with Gasteiger partial charge in [0.05, 0.1) is 22.0 Å². The third-order valence-electron chi connectivity index (χ3n) is 5.18. The van der Waals surface area contributed by atoms with E-state index in [-0.39, 0.29) is 5.69 Å². The van der Waals surface area contributed by atoms with Crippen LogP contribution in [0.25, 0.3) is 22.5 Å². The van der Waals surface area contributed by atoms with Gasteiger partial charge < -0.3 is 0 Å². The Kier molecular flexibility index (Phi) is 6.06. The topological polar surface area (TPSA) is 113 Å². The lowest BCUT2D eigenvalue weighted by molar-refractivity contribution is -0.384. The van der Waals surface area contributed by atoms with Gasteiger partial charge in [-0.15, -0.1) is 0 Å². The number of benzene rings is 3. The molecule has 0 saturated heterocycles. The average molecular weight is 484 g/mol. The highest BCUT2D eigenvalue weighted by Crippen LogP contribution is 2.30. The summed E-state index contributed by atoms with van der Waals surface area (Å²) in [6.45, 7) is 0. The number of rotatable bonds is 7. The number of hydrogen-bond acceptors (Lipinski definition) is 7. The molecular weight excluding hydrogens is 466 g/mol. The summed E-state index contributed by atoms with van der Waals surface area (Å²) in [6.07, 6.45) is 1.40. The number of anilines is 3. The third kappa shape index (κ3) is 4.94. The van der Waals surface area contributed by atoms with Gasteiger partial charge in [0, 0.05) is 34.9 Å². The fourth-order valence-corrected chi connectivity index (χ4v) is 3.71. The fourth-order valence-electron chi connectivity index (χ4n) is 3.52. The van der Waals surface area contributed by atoms with Crippen LogP contribution in [0.1, 0.15) is 0 Å². The van der Waals surface area contributed by atoms with Gasteiger partial charge in [0.15, 0.2) is 11.6 Å². The van der Waals surface area contributed by atoms with Crippen molar-refractivity contribution in [1.29, 1.82) is 0 Å². The van der Waals surface area contributed by atoms with Crippen molar-refractivity contribution in [2.45, 2.75) is 0 Å². The monoisotopic (exact) mass is 483 g/mol. The van der Waals surface area contributed by atoms with Crippen LogP contribution < -0.4 is 10.4 Å². The van der Waals surface area contributed by atoms with Crippen LogP contribution in [0.4, 0.5) is 23.0 Å². The van der Waals surface area contributed by atoms with Crippen molar-refractivity contribution >= 4 is 34.6 Å². The first kappa shape index (κ1) is 22.1. The van der Waals surface area contributed by atoms with Crippen LogP contribution in [0.15, 0.2) is 97.3 Å². The molecule has 2 heterocycles. The number of aromatic nitrogens is 4. The van der Waals surface area contributed by atoms with Crippen LogP contribution in [0, 0.1) is 10.1 Å². The summed E-state index contributed by atoms with van der Waals surface area (Å²) >= 11 is 6.19. The summed E-state index contributed by atoms with van der Waals surface area (Å²) in [5, 5.41) is 21.0. The molecule has 3 aromatic carbocycles. The molecule has 0 unspecified atom stereocenters. The van der Waals surface area contributed by atoms with Crippen LogP contribution in [-0.2, 0) is 0 Å². The van der Waals surface area contributed by atoms with E-state index < -0.39 is 4.92 Å². The molecule has 5 rings (SSSR count). The number of nitrogens with zero attached hydrogens (tertiary/aromatic N) is 5. The zero-order chi connectivity index (χ0) is 24.2. The van der Waals surface area contributed by atoms with Gasteiger partial charge in [-0.2, -0.15) is 5.10 Å². The highest BCUT2D eigenvalue weighted by molar-refractivity contribution is 6.30. The minimum Gasteiger partial charge on any atom is -0.291 e. The van der Waals surface area contributed by atoms with Gasteiger partial charge in [-0.05, 0) is 23.8 Å². The molecule has 172 valence electrons. The number of hydrogen-bond donors (Lipinski definition) is 2. The molecule has 2 N–H and O–H groups in total. The number of halogens is 1. The number of nitro groups is 1. The summed E-state index contributed by atoms with van der Waals surface area (Å²) in [6, 6.07) is 27.0. The lowest BCUT2D eigenvalue weighted by atomic mass is 10.1. The molecule has 2 aromatic heterocycles. The first-order chi connectivity index (χ1) is 17.1. The average Bonchev–Trinajstić information content (AvgIpc) is 3.38. The van der Waals surface area contributed by atoms with Gasteiger partial charge in [-0.25, -0.2) is 15.0 Å². The zero-order valence-corrected chi connectivity index (χ0v) is 18.9. The van der Waals surface area contributed by atoms with Gasteiger partial charge in [-0.3, -0.25) is 20.6 Å². The van der Waals surface area contributed by atoms with Crippen LogP contribution in [0.5, 0.6) is 0 Å². The van der Waals surface area contributed by atoms with Crippen LogP contribution in [0.3, 0.4) is 0 Å². The predicted octanol–water partition coefficient (Wildman–Crippen LogP) is 6.26. The molecule has 35 heavy (non-hydrogen) atoms. The van der Waals surface area contributed by atoms with E-state index in [2.05, 4.69) is 25.6 Å². The Balaban J connectivity index is 1.56. The van der Waals surface area contributed by atoms with E-state index in [1.54, 1.807) is 35.3 Å². The minimum absolute atomic E-state index is 0.0172. The van der Waals surface area contributed by atoms with E-state index in [4.69, 9.17) is 11.6 Å². The SMILES string of the molecule is O=[N+]([O-])c1cccc(-c2cc(N(Nc3cccc(Cl)c3)c3cc(-c4ccccc4)[nH]n3)ncn2)c1. The molecule has 0 saturated carbocycles. The predicted molar refractivity (Wildman–Crippen MR) is 135 cm³/mol. The van der Waals surface area contributed by atoms with Gasteiger partial charge in [0.2, 0.25) is 0 Å². The van der Waals surface area contributed by atoms with Gasteiger partial charge in [0.25, 0.3) is 5.69 Å². The second-order valence-corrected chi connectivity index (χ2v) is 7.97. The summed E-state index contributed by atoms with van der Waals surface area (Å²) in [5.41, 5.74) is 6.92. The van der Waals surface area contributed by atoms with Gasteiger partial charge >= 0.3 is 0 Å². The highest BCUT2D eigenvalue weighted by atomic mass is 35.5. The molecule has 0 aliphatic heterocycles. The standard InChI is InChI=1S/C25H18ClN7O2/c26-19-9-5-10-20(13-19)31-32(25-15-23(29-30-25)17-6-2-1-3-7-17)24-14-22(27-16-28-24)18-8-4-11-21(12-18)33(34)35/h1-16,31H,(H,29,30). The molecule has 9 nitrogen and oxygen atoms in total. The molecule has 0 fully saturated rings. The van der Waals surface area contributed by atoms with Crippen molar-refractivity contribution in [3.05, 3.63) is 112 Å². The second kappa shape index (κ2) is 9.62. The van der Waals surface area contributed by atoms with E-state index in [1.165, 1.54) is 18.5 Å². The first-order valence-corrected chi connectivity index (χ1v) is 10.9. The van der Waals surface area contributed by atoms with E-state index in [0.717, 1.165) is 16.9 Å². The lowest BCUT2D eigenvalue weighted by Crippen LogP contribution is -2.26. The Hall–Kier alpha value is -4.76. The van der Waals surface area contributed by atoms with E-state index >= 15 is 0 Å². The molecule has 0 atom stereocenters. The number of nitrogens with one attached hydrogen (secondary N) is 2. The molecule has 0 spiro atoms. The smallest absolute Gasteiger partial charge is 0.270 e. The number of aromatic amines is 1. The molecular formula is C25H18ClN7O2. The molecule has 0 aliphatic rings. The summed E-state index contributed by atoms with van der Waals surface area (Å²) in [4.78, 5) is 19.5. The molecule has 0 radical (unpaired) electrons. The summed E-state index contributed by atoms with van der Waals surface area (Å²) < 4.78 is 0. The lowest BCUT2D eigenvalue weighted by Gasteiger charge is -2.23. The van der Waals surface area contributed by atoms with Crippen molar-refractivity contribution < 1.29 is 4.92 Å². The first-order valence-electron chi connectivity index (χ1n) is 10.6. The number of H-pyrrole nitrogens is 1. The van der Waals surface area contributed by atoms with Crippen molar-refractivity contribution in [1.82, 2.24) is 20.2 Å². The van der Waals surface area contributed by atoms with E-state index in [0.29, 0.717) is 27.9 Å². The molecule has 10 heteroatoms. The van der Waals surface area contributed by atoms with Gasteiger partial charge in [-0.1, -0.05) is 60.1 Å². The Bertz CT molecular complexity index is 1490. The zero-order valence-electron chi connectivity index (χ0n) is 18.2. The maximum atomic E-state index is 11.2. The Labute approximate surface area is 205 Å². The Morgan fingerprint density at radius 2 is 1.66 bits per heavy atom. The highest BCUT2D eigenvalue weighted by Gasteiger charge is 2.18. The third-order valence-corrected chi connectivity index (χ3v) is 5.41. The molecule has 0 amide bonds. The largest absolute Gasteiger partial charge is 0.291 e. The summed E-state index contributed by atoms with van der Waals surface area (Å²) in [5.74, 6) is 1.03. The van der Waals surface area contributed by atoms with Crippen LogP contribution in [0.2, 0.25) is 5.02 Å². The second-order valence-electron chi connectivity index (χ2n) is 7.53. The van der Waals surface area contributed by atoms with Crippen molar-refractivity contribution in [3.63, 3.8) is 0 Å². The van der Waals surface area contributed by atoms with E-state index in [1.807, 2.05) is 48.5 Å². The number of non-ortho nitro benzene ring substituents is 1. The Morgan fingerprint density at radius 1 is 0.857 bits per heavy atom. The van der Waals surface area contributed by atoms with Gasteiger partial charge in [0.1, 0.15) is 6.33 Å². The van der Waals surface area contributed by atoms with Crippen molar-refractivity contribution in [2.24, 2.45) is 0 Å². The van der Waals surface area contributed by atoms with E-state index in [9.17, 15) is 10.1 Å². The summed E-state index contributed by atoms with van der Waals surface area (Å²) in [7, 11) is 0.